The van der Waals surface area contributed by atoms with E-state index >= 15 is 0 Å². The Morgan fingerprint density at radius 2 is 1.56 bits per heavy atom. The van der Waals surface area contributed by atoms with E-state index in [-0.39, 0.29) is 0 Å². The van der Waals surface area contributed by atoms with Crippen molar-refractivity contribution in [1.82, 2.24) is 0 Å². The van der Waals surface area contributed by atoms with Crippen molar-refractivity contribution in [2.45, 2.75) is 20.8 Å². The van der Waals surface area contributed by atoms with Crippen LogP contribution in [0.15, 0.2) is 24.3 Å². The molecule has 104 valence electrons. The second-order valence-corrected chi connectivity index (χ2v) is 2.90. The van der Waals surface area contributed by atoms with Crippen LogP contribution in [-0.4, -0.2) is 34.2 Å². The highest BCUT2D eigenvalue weighted by atomic mass is 16.1. The van der Waals surface area contributed by atoms with Crippen LogP contribution >= 0.6 is 0 Å². The van der Waals surface area contributed by atoms with E-state index in [0.717, 1.165) is 12.0 Å². The molecule has 0 amide bonds. The summed E-state index contributed by atoms with van der Waals surface area (Å²) in [5.74, 6) is 0. The maximum Gasteiger partial charge on any atom is 0.116 e. The van der Waals surface area contributed by atoms with Gasteiger partial charge in [0.1, 0.15) is 13.1 Å². The Morgan fingerprint density at radius 1 is 1.17 bits per heavy atom. The van der Waals surface area contributed by atoms with E-state index in [1.54, 1.807) is 0 Å². The molecule has 0 bridgehead atoms. The lowest BCUT2D eigenvalue weighted by atomic mass is 10.2. The highest BCUT2D eigenvalue weighted by Gasteiger charge is 1.98. The topological polar surface area (TPSA) is 49.4 Å². The number of nitrogens with one attached hydrogen (secondary N) is 1. The smallest absolute Gasteiger partial charge is 0.116 e. The first-order valence-electron chi connectivity index (χ1n) is 5.80. The van der Waals surface area contributed by atoms with Crippen molar-refractivity contribution in [2.75, 3.05) is 31.4 Å². The van der Waals surface area contributed by atoms with Gasteiger partial charge in [0.25, 0.3) is 0 Å². The van der Waals surface area contributed by atoms with Gasteiger partial charge < -0.3 is 19.8 Å². The molecule has 4 heteroatoms. The van der Waals surface area contributed by atoms with Gasteiger partial charge in [0.15, 0.2) is 0 Å². The summed E-state index contributed by atoms with van der Waals surface area (Å²) in [6.45, 7) is 7.44. The molecule has 0 saturated heterocycles. The summed E-state index contributed by atoms with van der Waals surface area (Å²) in [4.78, 5) is 18.9. The van der Waals surface area contributed by atoms with Crippen molar-refractivity contribution >= 4 is 24.5 Å². The van der Waals surface area contributed by atoms with E-state index in [2.05, 4.69) is 22.3 Å². The molecule has 0 unspecified atom stereocenters. The highest BCUT2D eigenvalue weighted by Crippen LogP contribution is 2.22. The number of aldehydes is 1. The standard InChI is InChI=1S/C9H14N2.C2H4O.C2H6.CH2O/c1-10-8-6-4-5-7-9(8)11(2)3;1-2-3;2*1-2/h4-7,10H,1-3H3;2H,1H3;1-2H3;1H2. The zero-order valence-corrected chi connectivity index (χ0v) is 12.4. The summed E-state index contributed by atoms with van der Waals surface area (Å²) in [6.07, 6.45) is 0.750. The second kappa shape index (κ2) is 17.6. The van der Waals surface area contributed by atoms with Crippen molar-refractivity contribution in [3.63, 3.8) is 0 Å². The molecule has 0 spiro atoms. The largest absolute Gasteiger partial charge is 0.386 e. The number of carbonyl (C=O) groups is 2. The van der Waals surface area contributed by atoms with Gasteiger partial charge >= 0.3 is 0 Å². The van der Waals surface area contributed by atoms with Crippen LogP contribution in [0.5, 0.6) is 0 Å². The summed E-state index contributed by atoms with van der Waals surface area (Å²) in [5, 5.41) is 3.14. The fourth-order valence-electron chi connectivity index (χ4n) is 1.08. The third-order valence-electron chi connectivity index (χ3n) is 1.66. The van der Waals surface area contributed by atoms with Crippen LogP contribution < -0.4 is 10.2 Å². The summed E-state index contributed by atoms with van der Waals surface area (Å²) in [5.41, 5.74) is 2.38. The third kappa shape index (κ3) is 10.7. The summed E-state index contributed by atoms with van der Waals surface area (Å²) in [6, 6.07) is 8.22. The molecule has 1 aromatic rings. The number of anilines is 2. The number of para-hydroxylation sites is 2. The lowest BCUT2D eigenvalue weighted by Crippen LogP contribution is -2.10. The number of benzene rings is 1. The molecule has 0 aliphatic carbocycles. The fraction of sp³-hybridized carbons (Fsp3) is 0.429. The molecule has 0 aliphatic heterocycles. The fourth-order valence-corrected chi connectivity index (χ4v) is 1.08. The molecule has 4 nitrogen and oxygen atoms in total. The molecule has 1 rings (SSSR count). The van der Waals surface area contributed by atoms with Crippen LogP contribution in [0.1, 0.15) is 20.8 Å². The Hall–Kier alpha value is -1.84. The molecule has 0 atom stereocenters. The van der Waals surface area contributed by atoms with Gasteiger partial charge in [0.2, 0.25) is 0 Å². The van der Waals surface area contributed by atoms with Crippen LogP contribution in [-0.2, 0) is 9.59 Å². The third-order valence-corrected chi connectivity index (χ3v) is 1.66. The quantitative estimate of drug-likeness (QED) is 0.824. The van der Waals surface area contributed by atoms with Crippen molar-refractivity contribution in [1.29, 1.82) is 0 Å². The van der Waals surface area contributed by atoms with Gasteiger partial charge in [0.05, 0.1) is 11.4 Å². The van der Waals surface area contributed by atoms with E-state index in [1.807, 2.05) is 53.9 Å². The molecule has 0 heterocycles. The molecule has 18 heavy (non-hydrogen) atoms. The molecule has 0 fully saturated rings. The zero-order valence-electron chi connectivity index (χ0n) is 12.4. The Morgan fingerprint density at radius 3 is 1.83 bits per heavy atom. The van der Waals surface area contributed by atoms with E-state index in [0.29, 0.717) is 0 Å². The summed E-state index contributed by atoms with van der Waals surface area (Å²) >= 11 is 0. The van der Waals surface area contributed by atoms with Crippen LogP contribution in [0.2, 0.25) is 0 Å². The number of hydrogen-bond acceptors (Lipinski definition) is 4. The molecule has 0 aromatic heterocycles. The molecule has 1 N–H and O–H groups in total. The lowest BCUT2D eigenvalue weighted by Gasteiger charge is -2.16. The molecule has 0 saturated carbocycles. The molecule has 1 aromatic carbocycles. The van der Waals surface area contributed by atoms with Crippen molar-refractivity contribution < 1.29 is 9.59 Å². The maximum atomic E-state index is 8.81. The minimum atomic E-state index is 0.750. The summed E-state index contributed by atoms with van der Waals surface area (Å²) < 4.78 is 0. The first kappa shape index (κ1) is 21.4. The molecular weight excluding hydrogens is 228 g/mol. The van der Waals surface area contributed by atoms with Crippen molar-refractivity contribution in [3.8, 4) is 0 Å². The average molecular weight is 254 g/mol. The predicted octanol–water partition coefficient (Wildman–Crippen LogP) is 2.84. The SMILES string of the molecule is C=O.CC.CC=O.CNc1ccccc1N(C)C. The molecule has 0 aliphatic rings. The molecular formula is C14H26N2O2. The van der Waals surface area contributed by atoms with Gasteiger partial charge in [-0.3, -0.25) is 0 Å². The number of nitrogens with zero attached hydrogens (tertiary/aromatic N) is 1. The maximum absolute atomic E-state index is 8.81. The Kier molecular flexibility index (Phi) is 20.9. The second-order valence-electron chi connectivity index (χ2n) is 2.90. The van der Waals surface area contributed by atoms with Gasteiger partial charge in [-0.25, -0.2) is 0 Å². The Labute approximate surface area is 111 Å². The van der Waals surface area contributed by atoms with Crippen LogP contribution in [0.3, 0.4) is 0 Å². The predicted molar refractivity (Wildman–Crippen MR) is 80.5 cm³/mol. The van der Waals surface area contributed by atoms with Crippen LogP contribution in [0.25, 0.3) is 0 Å². The lowest BCUT2D eigenvalue weighted by molar-refractivity contribution is -0.106. The highest BCUT2D eigenvalue weighted by molar-refractivity contribution is 5.68. The van der Waals surface area contributed by atoms with E-state index in [1.165, 1.54) is 12.6 Å². The zero-order chi connectivity index (χ0) is 15.0. The van der Waals surface area contributed by atoms with E-state index < -0.39 is 0 Å². The van der Waals surface area contributed by atoms with Gasteiger partial charge in [-0.2, -0.15) is 0 Å². The Bertz CT molecular complexity index is 289. The monoisotopic (exact) mass is 254 g/mol. The van der Waals surface area contributed by atoms with Crippen LogP contribution in [0, 0.1) is 0 Å². The molecule has 0 radical (unpaired) electrons. The van der Waals surface area contributed by atoms with Crippen molar-refractivity contribution in [3.05, 3.63) is 24.3 Å². The minimum Gasteiger partial charge on any atom is -0.386 e. The minimum absolute atomic E-state index is 0.750. The number of carbonyl (C=O) groups excluding carboxylic acids is 2. The van der Waals surface area contributed by atoms with E-state index in [9.17, 15) is 0 Å². The summed E-state index contributed by atoms with van der Waals surface area (Å²) in [7, 11) is 6.01. The first-order chi connectivity index (χ1) is 8.67. The van der Waals surface area contributed by atoms with Gasteiger partial charge in [0, 0.05) is 21.1 Å². The first-order valence-corrected chi connectivity index (χ1v) is 5.80. The number of hydrogen-bond donors (Lipinski definition) is 1. The van der Waals surface area contributed by atoms with Gasteiger partial charge in [-0.1, -0.05) is 26.0 Å². The van der Waals surface area contributed by atoms with Crippen molar-refractivity contribution in [2.24, 2.45) is 0 Å². The van der Waals surface area contributed by atoms with Crippen LogP contribution in [0.4, 0.5) is 11.4 Å². The van der Waals surface area contributed by atoms with E-state index in [4.69, 9.17) is 9.59 Å². The normalized spacial score (nSPS) is 7.00. The average Bonchev–Trinajstić information content (AvgIpc) is 2.44. The van der Waals surface area contributed by atoms with Gasteiger partial charge in [-0.05, 0) is 19.1 Å². The Balaban J connectivity index is -0.000000274. The van der Waals surface area contributed by atoms with Gasteiger partial charge in [-0.15, -0.1) is 0 Å². The number of rotatable bonds is 2.